The number of pyridine rings is 1. The number of hydrogen-bond acceptors (Lipinski definition) is 2. The highest BCUT2D eigenvalue weighted by molar-refractivity contribution is 6.05. The van der Waals surface area contributed by atoms with Gasteiger partial charge in [0, 0.05) is 22.6 Å². The van der Waals surface area contributed by atoms with Crippen molar-refractivity contribution in [2.75, 3.05) is 0 Å². The number of fused-ring (bicyclic) bond motifs is 5. The molecule has 0 atom stereocenters. The third-order valence-electron chi connectivity index (χ3n) is 9.46. The molecule has 0 amide bonds. The van der Waals surface area contributed by atoms with E-state index in [0.717, 1.165) is 33.3 Å². The van der Waals surface area contributed by atoms with Crippen LogP contribution < -0.4 is 4.74 Å². The van der Waals surface area contributed by atoms with E-state index < -0.39 is 0 Å². The first kappa shape index (κ1) is 27.1. The molecule has 1 aromatic heterocycles. The fourth-order valence-corrected chi connectivity index (χ4v) is 7.05. The molecule has 6 aromatic carbocycles. The fraction of sp³-hybridized carbons (Fsp3) is 0.0930. The molecule has 0 spiro atoms. The highest BCUT2D eigenvalue weighted by Gasteiger charge is 2.35. The molecule has 0 bridgehead atoms. The predicted molar refractivity (Wildman–Crippen MR) is 189 cm³/mol. The smallest absolute Gasteiger partial charge is 0.130 e. The Balaban J connectivity index is 1.13. The predicted octanol–water partition coefficient (Wildman–Crippen LogP) is 11.4. The molecule has 2 nitrogen and oxygen atoms in total. The summed E-state index contributed by atoms with van der Waals surface area (Å²) in [5.74, 6) is 1.42. The summed E-state index contributed by atoms with van der Waals surface area (Å²) in [6, 6.07) is 45.6. The molecule has 0 fully saturated rings. The lowest BCUT2D eigenvalue weighted by atomic mass is 9.81. The van der Waals surface area contributed by atoms with Gasteiger partial charge in [0.25, 0.3) is 0 Å². The Hall–Kier alpha value is -5.47. The quantitative estimate of drug-likeness (QED) is 0.189. The van der Waals surface area contributed by atoms with Gasteiger partial charge < -0.3 is 4.74 Å². The topological polar surface area (TPSA) is 22.1 Å². The van der Waals surface area contributed by atoms with Crippen molar-refractivity contribution >= 4 is 27.4 Å². The lowest BCUT2D eigenvalue weighted by Gasteiger charge is -2.22. The SMILES string of the molecule is C=C(Oc1ccc(-c2ccc(-c3ccc4c(c3)C(C)(C)c3ccccc3-4)c3ccccc23)cc1C)c1ccc2ncccc2c1. The van der Waals surface area contributed by atoms with Crippen LogP contribution in [0.4, 0.5) is 0 Å². The maximum absolute atomic E-state index is 6.30. The molecule has 8 rings (SSSR count). The first-order valence-corrected chi connectivity index (χ1v) is 15.5. The molecule has 2 heteroatoms. The maximum Gasteiger partial charge on any atom is 0.130 e. The molecule has 0 unspecified atom stereocenters. The minimum atomic E-state index is -0.0319. The fourth-order valence-electron chi connectivity index (χ4n) is 7.05. The molecule has 0 saturated carbocycles. The summed E-state index contributed by atoms with van der Waals surface area (Å²) in [7, 11) is 0. The molecular formula is C43H33NO. The standard InChI is InChI=1S/C43H33NO/c1-27-24-30(17-22-42(27)45-28(2)29-16-21-41-32(25-29)10-9-23-44-41)33-19-20-34(36-12-6-5-11-35(33)36)31-15-18-38-37-13-7-8-14-39(37)43(3,4)40(38)26-31/h5-26H,2H2,1,3-4H3. The maximum atomic E-state index is 6.30. The second-order valence-corrected chi connectivity index (χ2v) is 12.6. The van der Waals surface area contributed by atoms with Crippen molar-refractivity contribution in [3.63, 3.8) is 0 Å². The summed E-state index contributed by atoms with van der Waals surface area (Å²) in [6.45, 7) is 11.0. The van der Waals surface area contributed by atoms with Gasteiger partial charge in [0.05, 0.1) is 5.52 Å². The van der Waals surface area contributed by atoms with Crippen LogP contribution in [0.25, 0.3) is 60.8 Å². The molecule has 216 valence electrons. The summed E-state index contributed by atoms with van der Waals surface area (Å²) in [6.07, 6.45) is 1.81. The first-order valence-electron chi connectivity index (χ1n) is 15.5. The third kappa shape index (κ3) is 4.45. The second kappa shape index (κ2) is 10.3. The van der Waals surface area contributed by atoms with Gasteiger partial charge in [0.15, 0.2) is 0 Å². The average molecular weight is 580 g/mol. The molecule has 0 saturated heterocycles. The van der Waals surface area contributed by atoms with Gasteiger partial charge in [0.1, 0.15) is 11.5 Å². The van der Waals surface area contributed by atoms with Crippen molar-refractivity contribution in [3.8, 4) is 39.1 Å². The summed E-state index contributed by atoms with van der Waals surface area (Å²) >= 11 is 0. The largest absolute Gasteiger partial charge is 0.457 e. The van der Waals surface area contributed by atoms with Gasteiger partial charge >= 0.3 is 0 Å². The zero-order valence-electron chi connectivity index (χ0n) is 25.8. The van der Waals surface area contributed by atoms with E-state index in [0.29, 0.717) is 5.76 Å². The normalized spacial score (nSPS) is 13.0. The van der Waals surface area contributed by atoms with E-state index in [-0.39, 0.29) is 5.41 Å². The Morgan fingerprint density at radius 3 is 2.07 bits per heavy atom. The molecular weight excluding hydrogens is 546 g/mol. The van der Waals surface area contributed by atoms with Gasteiger partial charge in [-0.1, -0.05) is 105 Å². The van der Waals surface area contributed by atoms with Crippen molar-refractivity contribution in [1.82, 2.24) is 4.98 Å². The number of rotatable bonds is 5. The Bertz CT molecular complexity index is 2310. The minimum absolute atomic E-state index is 0.0319. The van der Waals surface area contributed by atoms with E-state index in [1.807, 2.05) is 24.4 Å². The van der Waals surface area contributed by atoms with Crippen molar-refractivity contribution < 1.29 is 4.74 Å². The molecule has 1 aliphatic carbocycles. The lowest BCUT2D eigenvalue weighted by Crippen LogP contribution is -2.14. The van der Waals surface area contributed by atoms with Gasteiger partial charge in [-0.05, 0) is 110 Å². The molecule has 0 N–H and O–H groups in total. The van der Waals surface area contributed by atoms with Crippen molar-refractivity contribution in [2.24, 2.45) is 0 Å². The van der Waals surface area contributed by atoms with Crippen LogP contribution in [-0.2, 0) is 5.41 Å². The summed E-state index contributed by atoms with van der Waals surface area (Å²) in [5.41, 5.74) is 13.3. The summed E-state index contributed by atoms with van der Waals surface area (Å²) < 4.78 is 6.30. The van der Waals surface area contributed by atoms with E-state index in [4.69, 9.17) is 4.74 Å². The number of aryl methyl sites for hydroxylation is 1. The van der Waals surface area contributed by atoms with Crippen molar-refractivity contribution in [3.05, 3.63) is 162 Å². The van der Waals surface area contributed by atoms with Crippen LogP contribution in [0.5, 0.6) is 5.75 Å². The van der Waals surface area contributed by atoms with Crippen molar-refractivity contribution in [1.29, 1.82) is 0 Å². The van der Waals surface area contributed by atoms with Gasteiger partial charge in [-0.15, -0.1) is 0 Å². The van der Waals surface area contributed by atoms with Crippen LogP contribution >= 0.6 is 0 Å². The highest BCUT2D eigenvalue weighted by atomic mass is 16.5. The highest BCUT2D eigenvalue weighted by Crippen LogP contribution is 2.50. The molecule has 7 aromatic rings. The number of ether oxygens (including phenoxy) is 1. The van der Waals surface area contributed by atoms with Gasteiger partial charge in [-0.2, -0.15) is 0 Å². The van der Waals surface area contributed by atoms with Gasteiger partial charge in [0.2, 0.25) is 0 Å². The lowest BCUT2D eigenvalue weighted by molar-refractivity contribution is 0.513. The number of hydrogen-bond donors (Lipinski definition) is 0. The van der Waals surface area contributed by atoms with Crippen LogP contribution in [0.1, 0.15) is 36.1 Å². The first-order chi connectivity index (χ1) is 21.9. The van der Waals surface area contributed by atoms with Crippen LogP contribution in [0, 0.1) is 6.92 Å². The van der Waals surface area contributed by atoms with Crippen LogP contribution in [-0.4, -0.2) is 4.98 Å². The summed E-state index contributed by atoms with van der Waals surface area (Å²) in [5, 5.41) is 3.55. The summed E-state index contributed by atoms with van der Waals surface area (Å²) in [4.78, 5) is 4.42. The third-order valence-corrected chi connectivity index (χ3v) is 9.46. The number of nitrogens with zero attached hydrogens (tertiary/aromatic N) is 1. The Labute approximate surface area is 264 Å². The Morgan fingerprint density at radius 1 is 0.622 bits per heavy atom. The molecule has 0 radical (unpaired) electrons. The van der Waals surface area contributed by atoms with Crippen molar-refractivity contribution in [2.45, 2.75) is 26.2 Å². The Morgan fingerprint density at radius 2 is 1.29 bits per heavy atom. The van der Waals surface area contributed by atoms with Crippen LogP contribution in [0.2, 0.25) is 0 Å². The van der Waals surface area contributed by atoms with Gasteiger partial charge in [-0.3, -0.25) is 4.98 Å². The average Bonchev–Trinajstić information content (AvgIpc) is 3.30. The zero-order valence-corrected chi connectivity index (χ0v) is 25.8. The van der Waals surface area contributed by atoms with E-state index in [1.165, 1.54) is 49.7 Å². The molecule has 0 aliphatic heterocycles. The molecule has 1 aliphatic rings. The van der Waals surface area contributed by atoms with E-state index in [1.54, 1.807) is 0 Å². The molecule has 1 heterocycles. The van der Waals surface area contributed by atoms with E-state index >= 15 is 0 Å². The molecule has 45 heavy (non-hydrogen) atoms. The number of aromatic nitrogens is 1. The van der Waals surface area contributed by atoms with Gasteiger partial charge in [-0.25, -0.2) is 0 Å². The number of benzene rings is 6. The second-order valence-electron chi connectivity index (χ2n) is 12.6. The monoisotopic (exact) mass is 579 g/mol. The zero-order chi connectivity index (χ0) is 30.7. The van der Waals surface area contributed by atoms with E-state index in [2.05, 4.69) is 142 Å². The minimum Gasteiger partial charge on any atom is -0.457 e. The van der Waals surface area contributed by atoms with Crippen LogP contribution in [0.3, 0.4) is 0 Å². The Kier molecular flexibility index (Phi) is 6.21. The van der Waals surface area contributed by atoms with Crippen LogP contribution in [0.15, 0.2) is 140 Å². The van der Waals surface area contributed by atoms with E-state index in [9.17, 15) is 0 Å².